The number of fused-ring (bicyclic) bond motifs is 1. The van der Waals surface area contributed by atoms with E-state index in [4.69, 9.17) is 4.74 Å². The number of nitrogens with zero attached hydrogens (tertiary/aromatic N) is 2. The molecule has 1 spiro atoms. The highest BCUT2D eigenvalue weighted by Gasteiger charge is 2.43. The highest BCUT2D eigenvalue weighted by molar-refractivity contribution is 6.06. The van der Waals surface area contributed by atoms with Crippen LogP contribution in [0.1, 0.15) is 38.5 Å². The summed E-state index contributed by atoms with van der Waals surface area (Å²) in [5.74, 6) is 1.07. The summed E-state index contributed by atoms with van der Waals surface area (Å²) in [5.41, 5.74) is 0.0351. The lowest BCUT2D eigenvalue weighted by Crippen LogP contribution is -2.52. The summed E-state index contributed by atoms with van der Waals surface area (Å²) in [6.07, 6.45) is 7.67. The van der Waals surface area contributed by atoms with Crippen molar-refractivity contribution in [3.05, 3.63) is 6.33 Å². The van der Waals surface area contributed by atoms with Gasteiger partial charge in [0.1, 0.15) is 17.6 Å². The van der Waals surface area contributed by atoms with Crippen molar-refractivity contribution < 1.29 is 9.53 Å². The minimum absolute atomic E-state index is 0.00926. The Morgan fingerprint density at radius 2 is 1.95 bits per heavy atom. The van der Waals surface area contributed by atoms with Gasteiger partial charge in [0.25, 0.3) is 0 Å². The summed E-state index contributed by atoms with van der Waals surface area (Å²) < 4.78 is 5.16. The molecule has 102 valence electrons. The van der Waals surface area contributed by atoms with E-state index in [2.05, 4.69) is 20.6 Å². The number of carbonyl (C=O) groups excluding carboxylic acids is 1. The van der Waals surface area contributed by atoms with E-state index in [-0.39, 0.29) is 5.91 Å². The predicted octanol–water partition coefficient (Wildman–Crippen LogP) is 1.94. The molecule has 1 aromatic heterocycles. The molecule has 1 aliphatic carbocycles. The van der Waals surface area contributed by atoms with Gasteiger partial charge in [-0.1, -0.05) is 25.7 Å². The fourth-order valence-electron chi connectivity index (χ4n) is 2.93. The first-order chi connectivity index (χ1) is 9.25. The van der Waals surface area contributed by atoms with Crippen LogP contribution in [0.25, 0.3) is 0 Å². The van der Waals surface area contributed by atoms with Gasteiger partial charge < -0.3 is 15.4 Å². The minimum Gasteiger partial charge on any atom is -0.479 e. The number of nitrogens with one attached hydrogen (secondary N) is 2. The van der Waals surface area contributed by atoms with Crippen molar-refractivity contribution in [3.8, 4) is 5.88 Å². The molecule has 1 aliphatic heterocycles. The number of aromatic nitrogens is 2. The number of ether oxygens (including phenoxy) is 1. The zero-order chi connectivity index (χ0) is 13.3. The lowest BCUT2D eigenvalue weighted by atomic mass is 9.87. The van der Waals surface area contributed by atoms with Crippen LogP contribution in [-0.2, 0) is 4.79 Å². The molecule has 0 bridgehead atoms. The molecule has 1 aromatic rings. The maximum Gasteiger partial charge on any atom is 0.250 e. The second kappa shape index (κ2) is 4.68. The van der Waals surface area contributed by atoms with Crippen LogP contribution in [0.15, 0.2) is 6.33 Å². The second-order valence-corrected chi connectivity index (χ2v) is 5.18. The van der Waals surface area contributed by atoms with Gasteiger partial charge in [0, 0.05) is 0 Å². The van der Waals surface area contributed by atoms with Crippen LogP contribution >= 0.6 is 0 Å². The number of anilines is 2. The Kier molecular flexibility index (Phi) is 3.00. The molecule has 2 aliphatic rings. The highest BCUT2D eigenvalue weighted by Crippen LogP contribution is 2.40. The zero-order valence-corrected chi connectivity index (χ0v) is 11.0. The number of amides is 1. The van der Waals surface area contributed by atoms with Crippen molar-refractivity contribution in [1.82, 2.24) is 9.97 Å². The first-order valence-corrected chi connectivity index (χ1v) is 6.74. The van der Waals surface area contributed by atoms with Gasteiger partial charge in [-0.15, -0.1) is 0 Å². The Bertz CT molecular complexity index is 495. The average molecular weight is 262 g/mol. The fourth-order valence-corrected chi connectivity index (χ4v) is 2.93. The van der Waals surface area contributed by atoms with Gasteiger partial charge in [-0.2, -0.15) is 4.98 Å². The van der Waals surface area contributed by atoms with Crippen molar-refractivity contribution in [2.75, 3.05) is 17.7 Å². The number of methoxy groups -OCH3 is 1. The topological polar surface area (TPSA) is 76.1 Å². The van der Waals surface area contributed by atoms with Gasteiger partial charge in [0.05, 0.1) is 7.11 Å². The average Bonchev–Trinajstić information content (AvgIpc) is 2.66. The third kappa shape index (κ3) is 2.01. The number of rotatable bonds is 1. The van der Waals surface area contributed by atoms with Crippen LogP contribution in [-0.4, -0.2) is 28.5 Å². The van der Waals surface area contributed by atoms with Crippen LogP contribution in [0.3, 0.4) is 0 Å². The van der Waals surface area contributed by atoms with E-state index in [0.717, 1.165) is 25.7 Å². The number of carbonyl (C=O) groups is 1. The van der Waals surface area contributed by atoms with Gasteiger partial charge >= 0.3 is 0 Å². The lowest BCUT2D eigenvalue weighted by Gasteiger charge is -2.37. The van der Waals surface area contributed by atoms with Crippen LogP contribution < -0.4 is 15.4 Å². The predicted molar refractivity (Wildman–Crippen MR) is 71.3 cm³/mol. The molecule has 0 radical (unpaired) electrons. The molecule has 0 saturated heterocycles. The summed E-state index contributed by atoms with van der Waals surface area (Å²) in [4.78, 5) is 20.7. The molecule has 6 heteroatoms. The first kappa shape index (κ1) is 12.2. The standard InChI is InChI=1S/C13H18N4O2/c1-19-11-9-10(14-8-15-11)17-13(12(18)16-9)6-4-2-3-5-7-13/h8H,2-7H2,1H3,(H,16,18)(H,14,15,17). The van der Waals surface area contributed by atoms with Crippen molar-refractivity contribution in [2.45, 2.75) is 44.1 Å². The van der Waals surface area contributed by atoms with E-state index < -0.39 is 5.54 Å². The normalized spacial score (nSPS) is 21.0. The molecule has 19 heavy (non-hydrogen) atoms. The van der Waals surface area contributed by atoms with E-state index in [0.29, 0.717) is 17.4 Å². The smallest absolute Gasteiger partial charge is 0.250 e. The summed E-state index contributed by atoms with van der Waals surface area (Å²) >= 11 is 0. The number of hydrogen-bond donors (Lipinski definition) is 2. The van der Waals surface area contributed by atoms with E-state index in [9.17, 15) is 4.79 Å². The van der Waals surface area contributed by atoms with E-state index in [1.54, 1.807) is 0 Å². The van der Waals surface area contributed by atoms with Gasteiger partial charge in [0.2, 0.25) is 11.8 Å². The summed E-state index contributed by atoms with van der Waals surface area (Å²) in [6, 6.07) is 0. The molecular weight excluding hydrogens is 244 g/mol. The third-order valence-corrected chi connectivity index (χ3v) is 3.99. The van der Waals surface area contributed by atoms with Crippen molar-refractivity contribution in [2.24, 2.45) is 0 Å². The largest absolute Gasteiger partial charge is 0.479 e. The SMILES string of the molecule is COc1ncnc2c1NC(=O)C1(CCCCCC1)N2. The lowest BCUT2D eigenvalue weighted by molar-refractivity contribution is -0.121. The molecule has 2 heterocycles. The van der Waals surface area contributed by atoms with Crippen molar-refractivity contribution in [1.29, 1.82) is 0 Å². The minimum atomic E-state index is -0.511. The molecule has 0 aromatic carbocycles. The summed E-state index contributed by atoms with van der Waals surface area (Å²) in [6.45, 7) is 0. The molecule has 2 N–H and O–H groups in total. The van der Waals surface area contributed by atoms with Gasteiger partial charge in [0.15, 0.2) is 5.82 Å². The molecule has 3 rings (SSSR count). The van der Waals surface area contributed by atoms with Crippen LogP contribution in [0, 0.1) is 0 Å². The summed E-state index contributed by atoms with van der Waals surface area (Å²) in [5, 5.41) is 6.25. The van der Waals surface area contributed by atoms with Gasteiger partial charge in [-0.05, 0) is 12.8 Å². The van der Waals surface area contributed by atoms with E-state index in [1.165, 1.54) is 26.3 Å². The molecule has 6 nitrogen and oxygen atoms in total. The van der Waals surface area contributed by atoms with Gasteiger partial charge in [-0.3, -0.25) is 4.79 Å². The Morgan fingerprint density at radius 1 is 1.21 bits per heavy atom. The molecule has 0 unspecified atom stereocenters. The quantitative estimate of drug-likeness (QED) is 0.809. The molecule has 1 fully saturated rings. The maximum atomic E-state index is 12.5. The van der Waals surface area contributed by atoms with Crippen LogP contribution in [0.4, 0.5) is 11.5 Å². The van der Waals surface area contributed by atoms with E-state index in [1.807, 2.05) is 0 Å². The Balaban J connectivity index is 1.97. The second-order valence-electron chi connectivity index (χ2n) is 5.18. The Hall–Kier alpha value is -1.85. The first-order valence-electron chi connectivity index (χ1n) is 6.74. The molecule has 0 atom stereocenters. The van der Waals surface area contributed by atoms with E-state index >= 15 is 0 Å². The van der Waals surface area contributed by atoms with Crippen LogP contribution in [0.2, 0.25) is 0 Å². The van der Waals surface area contributed by atoms with Crippen molar-refractivity contribution >= 4 is 17.4 Å². The van der Waals surface area contributed by atoms with Crippen molar-refractivity contribution in [3.63, 3.8) is 0 Å². The number of hydrogen-bond acceptors (Lipinski definition) is 5. The Morgan fingerprint density at radius 3 is 2.63 bits per heavy atom. The molecular formula is C13H18N4O2. The van der Waals surface area contributed by atoms with Gasteiger partial charge in [-0.25, -0.2) is 4.98 Å². The molecule has 1 amide bonds. The molecule has 1 saturated carbocycles. The maximum absolute atomic E-state index is 12.5. The zero-order valence-electron chi connectivity index (χ0n) is 11.0. The summed E-state index contributed by atoms with van der Waals surface area (Å²) in [7, 11) is 1.53. The highest BCUT2D eigenvalue weighted by atomic mass is 16.5. The van der Waals surface area contributed by atoms with Crippen LogP contribution in [0.5, 0.6) is 5.88 Å². The third-order valence-electron chi connectivity index (χ3n) is 3.99. The Labute approximate surface area is 112 Å². The monoisotopic (exact) mass is 262 g/mol. The fraction of sp³-hybridized carbons (Fsp3) is 0.615.